The molecule has 0 aliphatic carbocycles. The van der Waals surface area contributed by atoms with Gasteiger partial charge < -0.3 is 10.4 Å². The lowest BCUT2D eigenvalue weighted by atomic mass is 10.3. The van der Waals surface area contributed by atoms with Crippen LogP contribution in [0.15, 0.2) is 12.1 Å². The van der Waals surface area contributed by atoms with Crippen molar-refractivity contribution in [2.75, 3.05) is 11.9 Å². The van der Waals surface area contributed by atoms with Gasteiger partial charge in [-0.1, -0.05) is 11.6 Å². The Bertz CT molecular complexity index is 412. The van der Waals surface area contributed by atoms with Crippen LogP contribution in [0, 0.1) is 12.3 Å². The van der Waals surface area contributed by atoms with Crippen LogP contribution >= 0.6 is 11.6 Å². The number of aromatic nitrogens is 1. The number of carboxylic acid groups (broad SMARTS) is 1. The number of pyridine rings is 1. The van der Waals surface area contributed by atoms with Crippen molar-refractivity contribution in [1.82, 2.24) is 4.98 Å². The van der Waals surface area contributed by atoms with Gasteiger partial charge in [-0.2, -0.15) is 0 Å². The number of rotatable bonds is 4. The van der Waals surface area contributed by atoms with E-state index in [4.69, 9.17) is 23.1 Å². The number of hydrogen-bond donors (Lipinski definition) is 2. The first-order valence-corrected chi connectivity index (χ1v) is 4.60. The van der Waals surface area contributed by atoms with Crippen molar-refractivity contribution in [3.63, 3.8) is 0 Å². The zero-order valence-electron chi connectivity index (χ0n) is 7.83. The first-order valence-electron chi connectivity index (χ1n) is 4.22. The summed E-state index contributed by atoms with van der Waals surface area (Å²) < 4.78 is 0. The Kier molecular flexibility index (Phi) is 3.95. The van der Waals surface area contributed by atoms with Gasteiger partial charge in [0.15, 0.2) is 5.69 Å². The van der Waals surface area contributed by atoms with E-state index in [1.165, 1.54) is 6.07 Å². The molecule has 0 amide bonds. The molecule has 0 unspecified atom stereocenters. The summed E-state index contributed by atoms with van der Waals surface area (Å²) in [6.45, 7) is 0.546. The molecule has 0 spiro atoms. The average molecular weight is 225 g/mol. The largest absolute Gasteiger partial charge is 0.476 e. The minimum Gasteiger partial charge on any atom is -0.476 e. The Morgan fingerprint density at radius 1 is 1.67 bits per heavy atom. The average Bonchev–Trinajstić information content (AvgIpc) is 2.20. The number of terminal acetylenes is 1. The standard InChI is InChI=1S/C10H9ClN2O2/c1-2-3-6-12-8-5-4-7(11)9(13-8)10(14)15/h1,4-5H,3,6H2,(H,12,13)(H,14,15). The van der Waals surface area contributed by atoms with Crippen molar-refractivity contribution >= 4 is 23.4 Å². The molecule has 0 bridgehead atoms. The minimum absolute atomic E-state index is 0.116. The number of carboxylic acids is 1. The van der Waals surface area contributed by atoms with Crippen molar-refractivity contribution < 1.29 is 9.90 Å². The third kappa shape index (κ3) is 3.15. The highest BCUT2D eigenvalue weighted by atomic mass is 35.5. The summed E-state index contributed by atoms with van der Waals surface area (Å²) in [5.41, 5.74) is -0.164. The van der Waals surface area contributed by atoms with Gasteiger partial charge in [0.1, 0.15) is 5.82 Å². The van der Waals surface area contributed by atoms with Gasteiger partial charge in [-0.25, -0.2) is 9.78 Å². The maximum atomic E-state index is 10.7. The lowest BCUT2D eigenvalue weighted by molar-refractivity contribution is 0.0691. The number of nitrogens with zero attached hydrogens (tertiary/aromatic N) is 1. The summed E-state index contributed by atoms with van der Waals surface area (Å²) in [5, 5.41) is 11.8. The van der Waals surface area contributed by atoms with Gasteiger partial charge in [0.2, 0.25) is 0 Å². The number of carbonyl (C=O) groups is 1. The van der Waals surface area contributed by atoms with E-state index in [2.05, 4.69) is 16.2 Å². The fourth-order valence-electron chi connectivity index (χ4n) is 0.953. The van der Waals surface area contributed by atoms with Crippen LogP contribution < -0.4 is 5.32 Å². The molecule has 1 aromatic rings. The van der Waals surface area contributed by atoms with E-state index in [0.29, 0.717) is 18.8 Å². The summed E-state index contributed by atoms with van der Waals surface area (Å²) in [7, 11) is 0. The van der Waals surface area contributed by atoms with Crippen LogP contribution in [0.5, 0.6) is 0 Å². The highest BCUT2D eigenvalue weighted by Crippen LogP contribution is 2.16. The first-order chi connectivity index (χ1) is 7.15. The first kappa shape index (κ1) is 11.3. The Hall–Kier alpha value is -1.73. The molecular formula is C10H9ClN2O2. The molecule has 0 saturated heterocycles. The van der Waals surface area contributed by atoms with Gasteiger partial charge in [0.25, 0.3) is 0 Å². The molecule has 0 aliphatic rings. The van der Waals surface area contributed by atoms with E-state index in [9.17, 15) is 4.79 Å². The molecule has 5 heteroatoms. The van der Waals surface area contributed by atoms with Gasteiger partial charge in [-0.15, -0.1) is 12.3 Å². The third-order valence-electron chi connectivity index (χ3n) is 1.62. The molecule has 2 N–H and O–H groups in total. The fraction of sp³-hybridized carbons (Fsp3) is 0.200. The Labute approximate surface area is 92.3 Å². The zero-order valence-corrected chi connectivity index (χ0v) is 8.58. The van der Waals surface area contributed by atoms with E-state index in [1.54, 1.807) is 6.07 Å². The number of hydrogen-bond acceptors (Lipinski definition) is 3. The van der Waals surface area contributed by atoms with E-state index < -0.39 is 5.97 Å². The van der Waals surface area contributed by atoms with Crippen LogP contribution in [0.4, 0.5) is 5.82 Å². The summed E-state index contributed by atoms with van der Waals surface area (Å²) in [4.78, 5) is 14.5. The molecule has 0 aliphatic heterocycles. The summed E-state index contributed by atoms with van der Waals surface area (Å²) in [6, 6.07) is 3.08. The molecule has 0 radical (unpaired) electrons. The van der Waals surface area contributed by atoms with Gasteiger partial charge in [0.05, 0.1) is 5.02 Å². The van der Waals surface area contributed by atoms with Crippen LogP contribution in [0.25, 0.3) is 0 Å². The zero-order chi connectivity index (χ0) is 11.3. The van der Waals surface area contributed by atoms with Gasteiger partial charge in [-0.05, 0) is 12.1 Å². The minimum atomic E-state index is -1.15. The predicted molar refractivity (Wildman–Crippen MR) is 58.1 cm³/mol. The Morgan fingerprint density at radius 3 is 3.00 bits per heavy atom. The monoisotopic (exact) mass is 224 g/mol. The SMILES string of the molecule is C#CCCNc1ccc(Cl)c(C(=O)O)n1. The van der Waals surface area contributed by atoms with E-state index >= 15 is 0 Å². The van der Waals surface area contributed by atoms with Crippen LogP contribution in [-0.4, -0.2) is 22.6 Å². The maximum Gasteiger partial charge on any atom is 0.356 e. The second-order valence-corrected chi connectivity index (χ2v) is 3.12. The predicted octanol–water partition coefficient (Wildman–Crippen LogP) is 1.87. The Balaban J connectivity index is 2.79. The van der Waals surface area contributed by atoms with Gasteiger partial charge in [-0.3, -0.25) is 0 Å². The smallest absolute Gasteiger partial charge is 0.356 e. The molecule has 0 atom stereocenters. The molecule has 0 fully saturated rings. The lowest BCUT2D eigenvalue weighted by Gasteiger charge is -2.04. The maximum absolute atomic E-state index is 10.7. The lowest BCUT2D eigenvalue weighted by Crippen LogP contribution is -2.07. The van der Waals surface area contributed by atoms with Crippen molar-refractivity contribution in [1.29, 1.82) is 0 Å². The molecule has 15 heavy (non-hydrogen) atoms. The van der Waals surface area contributed by atoms with Gasteiger partial charge in [0, 0.05) is 13.0 Å². The molecule has 78 valence electrons. The molecule has 4 nitrogen and oxygen atoms in total. The second kappa shape index (κ2) is 5.23. The summed E-state index contributed by atoms with van der Waals surface area (Å²) in [6.07, 6.45) is 5.62. The van der Waals surface area contributed by atoms with E-state index in [1.807, 2.05) is 0 Å². The van der Waals surface area contributed by atoms with Crippen LogP contribution in [0.1, 0.15) is 16.9 Å². The number of nitrogens with one attached hydrogen (secondary N) is 1. The number of anilines is 1. The van der Waals surface area contributed by atoms with Crippen molar-refractivity contribution in [2.45, 2.75) is 6.42 Å². The molecular weight excluding hydrogens is 216 g/mol. The van der Waals surface area contributed by atoms with E-state index in [-0.39, 0.29) is 10.7 Å². The fourth-order valence-corrected chi connectivity index (χ4v) is 1.14. The topological polar surface area (TPSA) is 62.2 Å². The molecule has 1 rings (SSSR count). The number of halogens is 1. The quantitative estimate of drug-likeness (QED) is 0.606. The summed E-state index contributed by atoms with van der Waals surface area (Å²) in [5.74, 6) is 1.75. The van der Waals surface area contributed by atoms with E-state index in [0.717, 1.165) is 0 Å². The third-order valence-corrected chi connectivity index (χ3v) is 1.93. The van der Waals surface area contributed by atoms with Crippen molar-refractivity contribution in [2.24, 2.45) is 0 Å². The van der Waals surface area contributed by atoms with Crippen molar-refractivity contribution in [3.05, 3.63) is 22.8 Å². The Morgan fingerprint density at radius 2 is 2.40 bits per heavy atom. The normalized spacial score (nSPS) is 9.33. The highest BCUT2D eigenvalue weighted by Gasteiger charge is 2.10. The molecule has 1 heterocycles. The van der Waals surface area contributed by atoms with Crippen molar-refractivity contribution in [3.8, 4) is 12.3 Å². The van der Waals surface area contributed by atoms with Crippen LogP contribution in [0.2, 0.25) is 5.02 Å². The second-order valence-electron chi connectivity index (χ2n) is 2.71. The van der Waals surface area contributed by atoms with Crippen LogP contribution in [0.3, 0.4) is 0 Å². The molecule has 1 aromatic heterocycles. The highest BCUT2D eigenvalue weighted by molar-refractivity contribution is 6.33. The van der Waals surface area contributed by atoms with Gasteiger partial charge >= 0.3 is 5.97 Å². The molecule has 0 aromatic carbocycles. The summed E-state index contributed by atoms with van der Waals surface area (Å²) >= 11 is 5.65. The van der Waals surface area contributed by atoms with Crippen LogP contribution in [-0.2, 0) is 0 Å². The number of aromatic carboxylic acids is 1. The molecule has 0 saturated carbocycles.